The minimum atomic E-state index is -2.96. The van der Waals surface area contributed by atoms with Gasteiger partial charge in [0.2, 0.25) is 23.6 Å². The summed E-state index contributed by atoms with van der Waals surface area (Å²) in [5, 5.41) is 10.7. The van der Waals surface area contributed by atoms with Crippen molar-refractivity contribution < 1.29 is 33.2 Å². The number of nitrogens with zero attached hydrogens (tertiary/aromatic N) is 2. The van der Waals surface area contributed by atoms with E-state index >= 15 is 0 Å². The van der Waals surface area contributed by atoms with E-state index in [0.717, 1.165) is 48.3 Å². The summed E-state index contributed by atoms with van der Waals surface area (Å²) >= 11 is 0. The largest absolute Gasteiger partial charge is 0.397 e. The highest BCUT2D eigenvalue weighted by Gasteiger charge is 2.51. The number of hydrogen-bond donors (Lipinski definition) is 3. The molecule has 13 heteroatoms. The van der Waals surface area contributed by atoms with Crippen LogP contribution in [0.2, 0.25) is 5.04 Å². The van der Waals surface area contributed by atoms with E-state index < -0.39 is 55.8 Å². The van der Waals surface area contributed by atoms with Crippen LogP contribution in [0, 0.1) is 0 Å². The Morgan fingerprint density at radius 3 is 2.05 bits per heavy atom. The molecule has 0 aliphatic carbocycles. The van der Waals surface area contributed by atoms with Crippen LogP contribution in [0.25, 0.3) is 0 Å². The molecule has 5 atom stereocenters. The molecule has 6 rings (SSSR count). The van der Waals surface area contributed by atoms with Crippen molar-refractivity contribution in [3.63, 3.8) is 0 Å². The number of allylic oxidation sites excluding steroid dienone is 1. The third-order valence-corrected chi connectivity index (χ3v) is 18.4. The van der Waals surface area contributed by atoms with Gasteiger partial charge in [-0.2, -0.15) is 0 Å². The van der Waals surface area contributed by atoms with Crippen molar-refractivity contribution in [3.8, 4) is 0 Å². The molecule has 3 aromatic rings. The van der Waals surface area contributed by atoms with E-state index in [4.69, 9.17) is 4.43 Å². The number of nitrogens with one attached hydrogen (secondary N) is 3. The average Bonchev–Trinajstić information content (AvgIpc) is 3.80. The van der Waals surface area contributed by atoms with Crippen LogP contribution in [-0.2, 0) is 34.8 Å². The van der Waals surface area contributed by atoms with E-state index in [1.54, 1.807) is 45.1 Å². The number of unbranched alkanes of at least 4 members (excludes halogenated alkanes) is 1. The number of amides is 5. The maximum atomic E-state index is 14.3. The van der Waals surface area contributed by atoms with Gasteiger partial charge in [0.25, 0.3) is 14.2 Å². The first-order chi connectivity index (χ1) is 30.6. The highest BCUT2D eigenvalue weighted by molar-refractivity contribution is 6.99. The Morgan fingerprint density at radius 1 is 0.828 bits per heavy atom. The maximum Gasteiger partial charge on any atom is 0.262 e. The van der Waals surface area contributed by atoms with Gasteiger partial charge in [0.05, 0.1) is 0 Å². The molecular weight excluding hydrogens is 823 g/mol. The zero-order chi connectivity index (χ0) is 46.1. The first-order valence-electron chi connectivity index (χ1n) is 23.2. The van der Waals surface area contributed by atoms with E-state index in [-0.39, 0.29) is 41.9 Å². The van der Waals surface area contributed by atoms with Gasteiger partial charge in [0, 0.05) is 31.6 Å². The second-order valence-corrected chi connectivity index (χ2v) is 23.1. The lowest BCUT2D eigenvalue weighted by Gasteiger charge is -2.44. The molecule has 0 spiro atoms. The van der Waals surface area contributed by atoms with E-state index in [0.29, 0.717) is 37.8 Å². The van der Waals surface area contributed by atoms with Gasteiger partial charge in [0.1, 0.15) is 29.8 Å². The molecule has 3 aliphatic rings. The second kappa shape index (κ2) is 21.1. The summed E-state index contributed by atoms with van der Waals surface area (Å²) in [6.07, 6.45) is 8.24. The van der Waals surface area contributed by atoms with Crippen LogP contribution in [0.3, 0.4) is 0 Å². The third-order valence-electron chi connectivity index (χ3n) is 13.3. The molecule has 3 aromatic carbocycles. The van der Waals surface area contributed by atoms with Crippen LogP contribution in [0.4, 0.5) is 0 Å². The molecule has 64 heavy (non-hydrogen) atoms. The zero-order valence-corrected chi connectivity index (χ0v) is 39.5. The first-order valence-corrected chi connectivity index (χ1v) is 25.1. The van der Waals surface area contributed by atoms with E-state index in [1.807, 2.05) is 53.4 Å². The number of ketones is 1. The number of hydrogen-bond acceptors (Lipinski definition) is 7. The van der Waals surface area contributed by atoms with Gasteiger partial charge in [-0.1, -0.05) is 107 Å². The van der Waals surface area contributed by atoms with Gasteiger partial charge in [-0.25, -0.2) is 0 Å². The predicted molar refractivity (Wildman–Crippen MR) is 252 cm³/mol. The zero-order valence-electron chi connectivity index (χ0n) is 38.5. The Balaban J connectivity index is 1.12. The van der Waals surface area contributed by atoms with Gasteiger partial charge in [-0.3, -0.25) is 28.8 Å². The van der Waals surface area contributed by atoms with Gasteiger partial charge in [-0.05, 0) is 111 Å². The molecule has 0 unspecified atom stereocenters. The summed E-state index contributed by atoms with van der Waals surface area (Å²) in [6, 6.07) is 24.7. The predicted octanol–water partition coefficient (Wildman–Crippen LogP) is 5.38. The number of fused-ring (bicyclic) bond motifs is 1. The summed E-state index contributed by atoms with van der Waals surface area (Å²) in [6.45, 7) is 13.5. The van der Waals surface area contributed by atoms with Crippen LogP contribution in [0.1, 0.15) is 115 Å². The number of benzene rings is 3. The fourth-order valence-corrected chi connectivity index (χ4v) is 14.0. The molecule has 3 fully saturated rings. The van der Waals surface area contributed by atoms with E-state index in [2.05, 4.69) is 61.0 Å². The fraction of sp³-hybridized carbons (Fsp3) is 0.490. The van der Waals surface area contributed by atoms with E-state index in [1.165, 1.54) is 4.90 Å². The van der Waals surface area contributed by atoms with Gasteiger partial charge in [0.15, 0.2) is 5.78 Å². The normalized spacial score (nSPS) is 23.1. The molecule has 3 N–H and O–H groups in total. The minimum absolute atomic E-state index is 0.0189. The molecule has 3 saturated heterocycles. The van der Waals surface area contributed by atoms with Gasteiger partial charge >= 0.3 is 0 Å². The molecule has 342 valence electrons. The van der Waals surface area contributed by atoms with Gasteiger partial charge < -0.3 is 30.2 Å². The number of rotatable bonds is 14. The number of likely N-dealkylation sites (tertiary alicyclic amines) is 1. The first kappa shape index (κ1) is 48.1. The number of piperidine rings is 1. The van der Waals surface area contributed by atoms with Crippen molar-refractivity contribution in [3.05, 3.63) is 108 Å². The topological polar surface area (TPSA) is 154 Å². The van der Waals surface area contributed by atoms with Crippen LogP contribution in [-0.4, -0.2) is 103 Å². The summed E-state index contributed by atoms with van der Waals surface area (Å²) in [4.78, 5) is 86.6. The SMILES string of the molecule is CC[C@]1(C)NC(=O)[C@H](CCC/C=C/C(=O)[C@H](C)O[Si](c2ccccc2)(c2ccccc2)C(C)(C)C)NC(=O)[C@H]2CCCN2C(=O)[C@H](Cc2ccc(C(=O)N3CCCCC3)cc2)NC1=O. The Hall–Kier alpha value is -5.40. The molecule has 0 aromatic heterocycles. The van der Waals surface area contributed by atoms with Crippen molar-refractivity contribution in [2.75, 3.05) is 19.6 Å². The average molecular weight is 890 g/mol. The lowest BCUT2D eigenvalue weighted by Crippen LogP contribution is -2.68. The minimum Gasteiger partial charge on any atom is -0.397 e. The van der Waals surface area contributed by atoms with Crippen LogP contribution < -0.4 is 26.3 Å². The second-order valence-electron chi connectivity index (χ2n) is 18.9. The van der Waals surface area contributed by atoms with Crippen molar-refractivity contribution in [1.82, 2.24) is 25.8 Å². The fourth-order valence-electron chi connectivity index (χ4n) is 9.31. The molecular formula is C51H67N5O7Si. The van der Waals surface area contributed by atoms with Crippen LogP contribution >= 0.6 is 0 Å². The van der Waals surface area contributed by atoms with Crippen molar-refractivity contribution in [2.24, 2.45) is 0 Å². The molecule has 0 saturated carbocycles. The Bertz CT molecular complexity index is 2110. The van der Waals surface area contributed by atoms with E-state index in [9.17, 15) is 28.8 Å². The monoisotopic (exact) mass is 889 g/mol. The smallest absolute Gasteiger partial charge is 0.262 e. The molecule has 3 heterocycles. The Labute approximate surface area is 380 Å². The molecule has 0 radical (unpaired) electrons. The van der Waals surface area contributed by atoms with Crippen LogP contribution in [0.15, 0.2) is 97.1 Å². The Kier molecular flexibility index (Phi) is 15.8. The lowest BCUT2D eigenvalue weighted by atomic mass is 9.94. The molecule has 3 aliphatic heterocycles. The summed E-state index contributed by atoms with van der Waals surface area (Å²) < 4.78 is 6.99. The van der Waals surface area contributed by atoms with Gasteiger partial charge in [-0.15, -0.1) is 0 Å². The number of carbonyl (C=O) groups is 6. The summed E-state index contributed by atoms with van der Waals surface area (Å²) in [5.74, 6) is -1.98. The number of carbonyl (C=O) groups excluding carboxylic acids is 6. The standard InChI is InChI=1S/C51H67N5O7Si/c1-7-51(6)49(62)53-42(35-37-28-30-38(31-29-37)47(60)55-32-18-11-19-33-55)48(61)56-34-20-26-43(56)46(59)52-41(45(58)54-51)25-16-10-17-27-44(57)36(2)63-64(50(3,4)5,39-21-12-8-13-22-39)40-23-14-9-15-24-40/h8-9,12-15,17,21-24,27-31,36,41-43H,7,10-11,16,18-20,25-26,32-35H2,1-6H3,(H,52,59)(H,53,62)(H,54,58)/b27-17+/t36-,41-,42-,43+,51-/m0/s1. The quantitative estimate of drug-likeness (QED) is 0.112. The van der Waals surface area contributed by atoms with Crippen LogP contribution in [0.5, 0.6) is 0 Å². The summed E-state index contributed by atoms with van der Waals surface area (Å²) in [7, 11) is -2.96. The molecule has 12 nitrogen and oxygen atoms in total. The highest BCUT2D eigenvalue weighted by Crippen LogP contribution is 2.37. The maximum absolute atomic E-state index is 14.3. The van der Waals surface area contributed by atoms with Crippen molar-refractivity contribution in [1.29, 1.82) is 0 Å². The molecule has 0 bridgehead atoms. The lowest BCUT2D eigenvalue weighted by molar-refractivity contribution is -0.144. The van der Waals surface area contributed by atoms with Crippen molar-refractivity contribution in [2.45, 2.75) is 141 Å². The highest BCUT2D eigenvalue weighted by atomic mass is 28.4. The van der Waals surface area contributed by atoms with Crippen molar-refractivity contribution >= 4 is 54.0 Å². The third kappa shape index (κ3) is 10.9. The Morgan fingerprint density at radius 2 is 1.45 bits per heavy atom. The summed E-state index contributed by atoms with van der Waals surface area (Å²) in [5.41, 5.74) is -0.0661. The molecule has 5 amide bonds.